The number of benzene rings is 2. The Morgan fingerprint density at radius 1 is 1.13 bits per heavy atom. The van der Waals surface area contributed by atoms with E-state index in [0.717, 1.165) is 5.56 Å². The van der Waals surface area contributed by atoms with Crippen molar-refractivity contribution in [3.8, 4) is 0 Å². The van der Waals surface area contributed by atoms with E-state index in [-0.39, 0.29) is 5.91 Å². The summed E-state index contributed by atoms with van der Waals surface area (Å²) in [7, 11) is 0. The summed E-state index contributed by atoms with van der Waals surface area (Å²) < 4.78 is 0. The molecule has 0 saturated carbocycles. The van der Waals surface area contributed by atoms with Gasteiger partial charge >= 0.3 is 0 Å². The molecule has 3 rings (SSSR count). The average Bonchev–Trinajstić information content (AvgIpc) is 2.85. The number of hydrogen-bond donors (Lipinski definition) is 0. The summed E-state index contributed by atoms with van der Waals surface area (Å²) in [6.45, 7) is 2.51. The second-order valence-corrected chi connectivity index (χ2v) is 6.33. The summed E-state index contributed by atoms with van der Waals surface area (Å²) in [5.74, 6) is -0.0212. The van der Waals surface area contributed by atoms with E-state index in [1.807, 2.05) is 61.5 Å². The maximum Gasteiger partial charge on any atom is 0.266 e. The van der Waals surface area contributed by atoms with Crippen LogP contribution in [-0.4, -0.2) is 22.5 Å². The first-order valence-electron chi connectivity index (χ1n) is 7.28. The summed E-state index contributed by atoms with van der Waals surface area (Å²) in [5, 5.41) is 1.23. The number of likely N-dealkylation sites (N-methyl/N-ethyl adjacent to an activating group) is 1. The zero-order valence-corrected chi connectivity index (χ0v) is 14.1. The van der Waals surface area contributed by atoms with Crippen LogP contribution >= 0.6 is 23.4 Å². The van der Waals surface area contributed by atoms with Gasteiger partial charge < -0.3 is 0 Å². The van der Waals surface area contributed by atoms with Crippen LogP contribution in [-0.2, 0) is 4.79 Å². The molecule has 5 heteroatoms. The van der Waals surface area contributed by atoms with Crippen LogP contribution in [0.5, 0.6) is 0 Å². The molecule has 1 aliphatic rings. The lowest BCUT2D eigenvalue weighted by Crippen LogP contribution is -2.28. The van der Waals surface area contributed by atoms with Crippen molar-refractivity contribution >= 4 is 46.2 Å². The third-order valence-electron chi connectivity index (χ3n) is 3.37. The maximum atomic E-state index is 12.5. The van der Waals surface area contributed by atoms with Gasteiger partial charge in [0.15, 0.2) is 5.17 Å². The first-order valence-corrected chi connectivity index (χ1v) is 8.48. The smallest absolute Gasteiger partial charge is 0.266 e. The van der Waals surface area contributed by atoms with Crippen molar-refractivity contribution in [3.05, 3.63) is 70.1 Å². The van der Waals surface area contributed by atoms with Crippen LogP contribution in [0, 0.1) is 0 Å². The van der Waals surface area contributed by atoms with Gasteiger partial charge in [-0.15, -0.1) is 0 Å². The number of amides is 1. The van der Waals surface area contributed by atoms with E-state index >= 15 is 0 Å². The minimum atomic E-state index is -0.0212. The number of halogens is 1. The number of amidine groups is 1. The third-order valence-corrected chi connectivity index (χ3v) is 4.70. The largest absolute Gasteiger partial charge is 0.287 e. The van der Waals surface area contributed by atoms with E-state index in [0.29, 0.717) is 27.3 Å². The number of thioether (sulfide) groups is 1. The van der Waals surface area contributed by atoms with Crippen molar-refractivity contribution in [1.29, 1.82) is 0 Å². The highest BCUT2D eigenvalue weighted by Crippen LogP contribution is 2.35. The highest BCUT2D eigenvalue weighted by molar-refractivity contribution is 8.18. The normalized spacial score (nSPS) is 18.2. The fourth-order valence-corrected chi connectivity index (χ4v) is 3.45. The lowest BCUT2D eigenvalue weighted by Gasteiger charge is -2.12. The molecule has 0 aliphatic carbocycles. The summed E-state index contributed by atoms with van der Waals surface area (Å²) >= 11 is 7.54. The van der Waals surface area contributed by atoms with Crippen molar-refractivity contribution in [1.82, 2.24) is 4.90 Å². The van der Waals surface area contributed by atoms with Gasteiger partial charge in [0.05, 0.1) is 15.6 Å². The van der Waals surface area contributed by atoms with Gasteiger partial charge in [-0.25, -0.2) is 4.99 Å². The Morgan fingerprint density at radius 3 is 2.52 bits per heavy atom. The Labute approximate surface area is 144 Å². The van der Waals surface area contributed by atoms with E-state index in [4.69, 9.17) is 11.6 Å². The van der Waals surface area contributed by atoms with Crippen molar-refractivity contribution in [3.63, 3.8) is 0 Å². The Kier molecular flexibility index (Phi) is 4.84. The molecule has 0 spiro atoms. The summed E-state index contributed by atoms with van der Waals surface area (Å²) in [6.07, 6.45) is 1.89. The molecule has 0 bridgehead atoms. The molecule has 0 unspecified atom stereocenters. The molecule has 3 nitrogen and oxygen atoms in total. The molecule has 1 saturated heterocycles. The quantitative estimate of drug-likeness (QED) is 0.738. The van der Waals surface area contributed by atoms with Crippen molar-refractivity contribution in [2.45, 2.75) is 6.92 Å². The van der Waals surface area contributed by atoms with Crippen molar-refractivity contribution < 1.29 is 4.79 Å². The van der Waals surface area contributed by atoms with E-state index in [1.165, 1.54) is 11.8 Å². The zero-order chi connectivity index (χ0) is 16.2. The zero-order valence-electron chi connectivity index (χ0n) is 12.6. The van der Waals surface area contributed by atoms with Gasteiger partial charge in [-0.3, -0.25) is 9.69 Å². The summed E-state index contributed by atoms with van der Waals surface area (Å²) in [5.41, 5.74) is 1.67. The topological polar surface area (TPSA) is 32.7 Å². The lowest BCUT2D eigenvalue weighted by molar-refractivity contribution is -0.122. The predicted molar refractivity (Wildman–Crippen MR) is 97.9 cm³/mol. The molecule has 2 aromatic carbocycles. The minimum Gasteiger partial charge on any atom is -0.287 e. The van der Waals surface area contributed by atoms with Gasteiger partial charge in [-0.1, -0.05) is 54.1 Å². The lowest BCUT2D eigenvalue weighted by atomic mass is 10.2. The highest BCUT2D eigenvalue weighted by Gasteiger charge is 2.32. The Balaban J connectivity index is 1.95. The second kappa shape index (κ2) is 7.02. The highest BCUT2D eigenvalue weighted by atomic mass is 35.5. The van der Waals surface area contributed by atoms with Crippen molar-refractivity contribution in [2.24, 2.45) is 4.99 Å². The number of carbonyl (C=O) groups excluding carboxylic acids is 1. The number of hydrogen-bond acceptors (Lipinski definition) is 3. The van der Waals surface area contributed by atoms with E-state index < -0.39 is 0 Å². The summed E-state index contributed by atoms with van der Waals surface area (Å²) in [6, 6.07) is 17.2. The molecule has 1 aliphatic heterocycles. The molecule has 0 N–H and O–H groups in total. The maximum absolute atomic E-state index is 12.5. The molecule has 2 aromatic rings. The van der Waals surface area contributed by atoms with Crippen molar-refractivity contribution in [2.75, 3.05) is 6.54 Å². The first-order chi connectivity index (χ1) is 11.2. The monoisotopic (exact) mass is 342 g/mol. The molecular formula is C18H15ClN2OS. The average molecular weight is 343 g/mol. The SMILES string of the molecule is CCN1C(=O)/C(=C\c2ccccc2)SC1=Nc1ccccc1Cl. The molecule has 116 valence electrons. The van der Waals surface area contributed by atoms with Crippen LogP contribution in [0.1, 0.15) is 12.5 Å². The van der Waals surface area contributed by atoms with Gasteiger partial charge in [0, 0.05) is 6.54 Å². The fraction of sp³-hybridized carbons (Fsp3) is 0.111. The second-order valence-electron chi connectivity index (χ2n) is 4.92. The molecule has 0 atom stereocenters. The van der Waals surface area contributed by atoms with Crippen LogP contribution in [0.3, 0.4) is 0 Å². The number of aliphatic imine (C=N–C) groups is 1. The number of rotatable bonds is 3. The van der Waals surface area contributed by atoms with Gasteiger partial charge in [-0.05, 0) is 42.5 Å². The molecule has 1 heterocycles. The minimum absolute atomic E-state index is 0.0212. The Morgan fingerprint density at radius 2 is 1.83 bits per heavy atom. The third kappa shape index (κ3) is 3.49. The Bertz CT molecular complexity index is 787. The summed E-state index contributed by atoms with van der Waals surface area (Å²) in [4.78, 5) is 19.5. The molecule has 23 heavy (non-hydrogen) atoms. The Hall–Kier alpha value is -2.04. The predicted octanol–water partition coefficient (Wildman–Crippen LogP) is 4.96. The number of carbonyl (C=O) groups is 1. The molecule has 1 fully saturated rings. The van der Waals surface area contributed by atoms with Gasteiger partial charge in [0.25, 0.3) is 5.91 Å². The standard InChI is InChI=1S/C18H15ClN2OS/c1-2-21-17(22)16(12-13-8-4-3-5-9-13)23-18(21)20-15-11-7-6-10-14(15)19/h3-12H,2H2,1H3/b16-12+,20-18?. The van der Waals surface area contributed by atoms with Gasteiger partial charge in [0.1, 0.15) is 0 Å². The number of nitrogens with zero attached hydrogens (tertiary/aromatic N) is 2. The van der Waals surface area contributed by atoms with E-state index in [9.17, 15) is 4.79 Å². The van der Waals surface area contributed by atoms with Crippen LogP contribution < -0.4 is 0 Å². The fourth-order valence-electron chi connectivity index (χ4n) is 2.22. The first kappa shape index (κ1) is 15.8. The van der Waals surface area contributed by atoms with Crippen LogP contribution in [0.2, 0.25) is 5.02 Å². The molecule has 0 radical (unpaired) electrons. The van der Waals surface area contributed by atoms with Gasteiger partial charge in [0.2, 0.25) is 0 Å². The number of para-hydroxylation sites is 1. The van der Waals surface area contributed by atoms with Crippen LogP contribution in [0.25, 0.3) is 6.08 Å². The molecule has 1 amide bonds. The van der Waals surface area contributed by atoms with Crippen LogP contribution in [0.15, 0.2) is 64.5 Å². The van der Waals surface area contributed by atoms with Crippen LogP contribution in [0.4, 0.5) is 5.69 Å². The van der Waals surface area contributed by atoms with E-state index in [1.54, 1.807) is 11.0 Å². The van der Waals surface area contributed by atoms with Gasteiger partial charge in [-0.2, -0.15) is 0 Å². The van der Waals surface area contributed by atoms with E-state index in [2.05, 4.69) is 4.99 Å². The molecule has 0 aromatic heterocycles. The molecular weight excluding hydrogens is 328 g/mol.